The van der Waals surface area contributed by atoms with Crippen molar-refractivity contribution in [2.45, 2.75) is 39.2 Å². The van der Waals surface area contributed by atoms with Crippen molar-refractivity contribution in [2.24, 2.45) is 0 Å². The van der Waals surface area contributed by atoms with Crippen LogP contribution in [0.15, 0.2) is 18.2 Å². The van der Waals surface area contributed by atoms with Crippen LogP contribution in [0.1, 0.15) is 42.6 Å². The molecule has 0 aliphatic rings. The summed E-state index contributed by atoms with van der Waals surface area (Å²) in [6.45, 7) is 4.54. The number of carbonyl (C=O) groups is 1. The number of benzene rings is 1. The predicted molar refractivity (Wildman–Crippen MR) is 102 cm³/mol. The number of fused-ring (bicyclic) bond motifs is 1. The first-order valence-corrected chi connectivity index (χ1v) is 9.52. The molecule has 2 aromatic heterocycles. The van der Waals surface area contributed by atoms with E-state index in [0.29, 0.717) is 30.9 Å². The van der Waals surface area contributed by atoms with Gasteiger partial charge in [-0.2, -0.15) is 9.61 Å². The second-order valence-corrected chi connectivity index (χ2v) is 7.41. The maximum absolute atomic E-state index is 12.2. The molecule has 0 radical (unpaired) electrons. The Bertz CT molecular complexity index is 934. The number of hydrogen-bond donors (Lipinski definition) is 1. The van der Waals surface area contributed by atoms with Crippen LogP contribution >= 0.6 is 11.3 Å². The van der Waals surface area contributed by atoms with Gasteiger partial charge in [0.2, 0.25) is 10.9 Å². The van der Waals surface area contributed by atoms with E-state index in [1.54, 1.807) is 18.7 Å². The SMILES string of the molecule is COc1ccc(CNC(=O)CCc2nn3c(C(C)C)nnc3s2)cc1OC. The Kier molecular flexibility index (Phi) is 5.90. The molecule has 0 aliphatic carbocycles. The van der Waals surface area contributed by atoms with Gasteiger partial charge in [0.15, 0.2) is 17.3 Å². The molecule has 1 amide bonds. The van der Waals surface area contributed by atoms with Crippen molar-refractivity contribution >= 4 is 22.2 Å². The molecule has 3 rings (SSSR count). The van der Waals surface area contributed by atoms with E-state index in [9.17, 15) is 4.79 Å². The maximum Gasteiger partial charge on any atom is 0.234 e. The highest BCUT2D eigenvalue weighted by Crippen LogP contribution is 2.27. The average molecular weight is 389 g/mol. The number of amides is 1. The number of rotatable bonds is 8. The van der Waals surface area contributed by atoms with Crippen molar-refractivity contribution in [3.05, 3.63) is 34.6 Å². The minimum Gasteiger partial charge on any atom is -0.493 e. The molecule has 1 N–H and O–H groups in total. The van der Waals surface area contributed by atoms with Gasteiger partial charge < -0.3 is 14.8 Å². The molecular weight excluding hydrogens is 366 g/mol. The van der Waals surface area contributed by atoms with Crippen LogP contribution in [0.3, 0.4) is 0 Å². The van der Waals surface area contributed by atoms with E-state index in [2.05, 4.69) is 34.5 Å². The van der Waals surface area contributed by atoms with Crippen LogP contribution in [0.25, 0.3) is 4.96 Å². The monoisotopic (exact) mass is 389 g/mol. The van der Waals surface area contributed by atoms with Gasteiger partial charge in [0, 0.05) is 25.3 Å². The van der Waals surface area contributed by atoms with Gasteiger partial charge in [-0.15, -0.1) is 10.2 Å². The molecule has 1 aromatic carbocycles. The number of methoxy groups -OCH3 is 2. The fourth-order valence-electron chi connectivity index (χ4n) is 2.63. The highest BCUT2D eigenvalue weighted by molar-refractivity contribution is 7.16. The van der Waals surface area contributed by atoms with Gasteiger partial charge in [-0.05, 0) is 17.7 Å². The summed E-state index contributed by atoms with van der Waals surface area (Å²) < 4.78 is 12.3. The molecule has 0 fully saturated rings. The lowest BCUT2D eigenvalue weighted by Crippen LogP contribution is -2.23. The zero-order chi connectivity index (χ0) is 19.4. The van der Waals surface area contributed by atoms with E-state index in [4.69, 9.17) is 9.47 Å². The Labute approximate surface area is 161 Å². The third-order valence-corrected chi connectivity index (χ3v) is 5.04. The van der Waals surface area contributed by atoms with Gasteiger partial charge in [-0.3, -0.25) is 4.79 Å². The molecule has 0 spiro atoms. The largest absolute Gasteiger partial charge is 0.493 e. The molecular formula is C18H23N5O3S. The topological polar surface area (TPSA) is 90.6 Å². The molecule has 0 saturated heterocycles. The van der Waals surface area contributed by atoms with E-state index in [1.165, 1.54) is 11.3 Å². The summed E-state index contributed by atoms with van der Waals surface area (Å²) in [7, 11) is 3.18. The third-order valence-electron chi connectivity index (χ3n) is 4.08. The van der Waals surface area contributed by atoms with Crippen molar-refractivity contribution in [2.75, 3.05) is 14.2 Å². The van der Waals surface area contributed by atoms with Gasteiger partial charge in [-0.25, -0.2) is 0 Å². The Morgan fingerprint density at radius 3 is 2.70 bits per heavy atom. The average Bonchev–Trinajstić information content (AvgIpc) is 3.24. The smallest absolute Gasteiger partial charge is 0.234 e. The fourth-order valence-corrected chi connectivity index (χ4v) is 3.47. The van der Waals surface area contributed by atoms with E-state index >= 15 is 0 Å². The van der Waals surface area contributed by atoms with Crippen molar-refractivity contribution in [1.82, 2.24) is 25.1 Å². The van der Waals surface area contributed by atoms with Crippen LogP contribution in [0.5, 0.6) is 11.5 Å². The number of aryl methyl sites for hydroxylation is 1. The van der Waals surface area contributed by atoms with Crippen LogP contribution in [-0.2, 0) is 17.8 Å². The molecule has 27 heavy (non-hydrogen) atoms. The molecule has 144 valence electrons. The minimum atomic E-state index is -0.0279. The van der Waals surface area contributed by atoms with Gasteiger partial charge in [0.25, 0.3) is 0 Å². The minimum absolute atomic E-state index is 0.0279. The zero-order valence-corrected chi connectivity index (χ0v) is 16.7. The highest BCUT2D eigenvalue weighted by atomic mass is 32.1. The van der Waals surface area contributed by atoms with E-state index in [-0.39, 0.29) is 11.8 Å². The normalized spacial score (nSPS) is 11.1. The molecule has 8 nitrogen and oxygen atoms in total. The molecule has 0 atom stereocenters. The Morgan fingerprint density at radius 1 is 1.22 bits per heavy atom. The molecule has 0 unspecified atom stereocenters. The second kappa shape index (κ2) is 8.34. The van der Waals surface area contributed by atoms with E-state index in [1.807, 2.05) is 18.2 Å². The predicted octanol–water partition coefficient (Wildman–Crippen LogP) is 2.58. The fraction of sp³-hybridized carbons (Fsp3) is 0.444. The summed E-state index contributed by atoms with van der Waals surface area (Å²) in [5.74, 6) is 2.37. The lowest BCUT2D eigenvalue weighted by Gasteiger charge is -2.10. The lowest BCUT2D eigenvalue weighted by molar-refractivity contribution is -0.121. The van der Waals surface area contributed by atoms with Crippen LogP contribution in [0.4, 0.5) is 0 Å². The van der Waals surface area contributed by atoms with Crippen molar-refractivity contribution in [1.29, 1.82) is 0 Å². The van der Waals surface area contributed by atoms with Crippen molar-refractivity contribution in [3.63, 3.8) is 0 Å². The summed E-state index contributed by atoms with van der Waals surface area (Å²) in [6, 6.07) is 5.58. The van der Waals surface area contributed by atoms with Crippen LogP contribution in [0, 0.1) is 0 Å². The summed E-state index contributed by atoms with van der Waals surface area (Å²) in [4.78, 5) is 12.9. The molecule has 3 aromatic rings. The molecule has 0 bridgehead atoms. The molecule has 0 aliphatic heterocycles. The number of ether oxygens (including phenoxy) is 2. The first kappa shape index (κ1) is 19.1. The van der Waals surface area contributed by atoms with E-state index in [0.717, 1.165) is 21.4 Å². The van der Waals surface area contributed by atoms with Crippen molar-refractivity contribution < 1.29 is 14.3 Å². The third kappa shape index (κ3) is 4.36. The number of aromatic nitrogens is 4. The standard InChI is InChI=1S/C18H23N5O3S/c1-11(2)17-20-21-18-23(17)22-16(27-18)8-7-15(24)19-10-12-5-6-13(25-3)14(9-12)26-4/h5-6,9,11H,7-8,10H2,1-4H3,(H,19,24). The highest BCUT2D eigenvalue weighted by Gasteiger charge is 2.15. The number of carbonyl (C=O) groups excluding carboxylic acids is 1. The summed E-state index contributed by atoms with van der Waals surface area (Å²) >= 11 is 1.47. The van der Waals surface area contributed by atoms with E-state index < -0.39 is 0 Å². The second-order valence-electron chi connectivity index (χ2n) is 6.37. The molecule has 0 saturated carbocycles. The Morgan fingerprint density at radius 2 is 2.00 bits per heavy atom. The van der Waals surface area contributed by atoms with Gasteiger partial charge in [0.05, 0.1) is 14.2 Å². The zero-order valence-electron chi connectivity index (χ0n) is 15.9. The first-order chi connectivity index (χ1) is 13.0. The van der Waals surface area contributed by atoms with Gasteiger partial charge >= 0.3 is 0 Å². The summed E-state index contributed by atoms with van der Waals surface area (Å²) in [5.41, 5.74) is 0.946. The number of nitrogens with zero attached hydrogens (tertiary/aromatic N) is 4. The van der Waals surface area contributed by atoms with Crippen molar-refractivity contribution in [3.8, 4) is 11.5 Å². The Balaban J connectivity index is 1.54. The van der Waals surface area contributed by atoms with Gasteiger partial charge in [-0.1, -0.05) is 31.3 Å². The lowest BCUT2D eigenvalue weighted by atomic mass is 10.2. The van der Waals surface area contributed by atoms with Gasteiger partial charge in [0.1, 0.15) is 5.01 Å². The summed E-state index contributed by atoms with van der Waals surface area (Å²) in [6.07, 6.45) is 0.942. The Hall–Kier alpha value is -2.68. The summed E-state index contributed by atoms with van der Waals surface area (Å²) in [5, 5.41) is 16.6. The number of hydrogen-bond acceptors (Lipinski definition) is 7. The molecule has 2 heterocycles. The van der Waals surface area contributed by atoms with Crippen LogP contribution in [-0.4, -0.2) is 39.9 Å². The quantitative estimate of drug-likeness (QED) is 0.637. The van der Waals surface area contributed by atoms with Crippen LogP contribution < -0.4 is 14.8 Å². The molecule has 9 heteroatoms. The maximum atomic E-state index is 12.2. The first-order valence-electron chi connectivity index (χ1n) is 8.70. The van der Waals surface area contributed by atoms with Crippen LogP contribution in [0.2, 0.25) is 0 Å². The number of nitrogens with one attached hydrogen (secondary N) is 1.